The fourth-order valence-corrected chi connectivity index (χ4v) is 2.45. The molecular weight excluding hydrogens is 232 g/mol. The number of hydrogen-bond acceptors (Lipinski definition) is 3. The van der Waals surface area contributed by atoms with Gasteiger partial charge in [0.1, 0.15) is 5.75 Å². The molecule has 2 heterocycles. The summed E-state index contributed by atoms with van der Waals surface area (Å²) in [4.78, 5) is 4.51. The van der Waals surface area contributed by atoms with Crippen molar-refractivity contribution in [3.63, 3.8) is 0 Å². The number of benzene rings is 1. The Labute approximate surface area is 103 Å². The van der Waals surface area contributed by atoms with Crippen LogP contribution in [0.3, 0.4) is 0 Å². The standard InChI is InChI=1S/C13H10N2OS/c16-12-6-2-1-5-10(12)11-9-17-13(14-11)15-7-3-4-8-15/h1-9,16H. The average Bonchev–Trinajstić information content (AvgIpc) is 3.00. The van der Waals surface area contributed by atoms with E-state index in [1.807, 2.05) is 46.6 Å². The maximum absolute atomic E-state index is 9.76. The Balaban J connectivity index is 2.04. The summed E-state index contributed by atoms with van der Waals surface area (Å²) < 4.78 is 1.95. The first-order valence-corrected chi connectivity index (χ1v) is 6.10. The molecule has 0 aliphatic carbocycles. The first-order valence-electron chi connectivity index (χ1n) is 5.22. The highest BCUT2D eigenvalue weighted by Gasteiger charge is 2.08. The highest BCUT2D eigenvalue weighted by atomic mass is 32.1. The average molecular weight is 242 g/mol. The van der Waals surface area contributed by atoms with Crippen LogP contribution in [0.5, 0.6) is 5.75 Å². The van der Waals surface area contributed by atoms with Gasteiger partial charge in [0.25, 0.3) is 0 Å². The Kier molecular flexibility index (Phi) is 2.42. The largest absolute Gasteiger partial charge is 0.507 e. The molecule has 0 aliphatic heterocycles. The quantitative estimate of drug-likeness (QED) is 0.748. The number of aromatic hydroxyl groups is 1. The van der Waals surface area contributed by atoms with Crippen molar-refractivity contribution in [2.75, 3.05) is 0 Å². The van der Waals surface area contributed by atoms with Gasteiger partial charge in [-0.05, 0) is 24.3 Å². The van der Waals surface area contributed by atoms with Gasteiger partial charge >= 0.3 is 0 Å². The molecule has 17 heavy (non-hydrogen) atoms. The molecule has 0 fully saturated rings. The molecule has 1 N–H and O–H groups in total. The molecule has 0 saturated heterocycles. The van der Waals surface area contributed by atoms with Gasteiger partial charge in [-0.1, -0.05) is 12.1 Å². The molecule has 3 nitrogen and oxygen atoms in total. The maximum atomic E-state index is 9.76. The van der Waals surface area contributed by atoms with E-state index in [1.165, 1.54) is 0 Å². The normalized spacial score (nSPS) is 10.6. The third-order valence-electron chi connectivity index (χ3n) is 2.50. The highest BCUT2D eigenvalue weighted by Crippen LogP contribution is 2.30. The molecule has 0 spiro atoms. The van der Waals surface area contributed by atoms with Crippen LogP contribution in [0.25, 0.3) is 16.4 Å². The van der Waals surface area contributed by atoms with Crippen LogP contribution in [0, 0.1) is 0 Å². The van der Waals surface area contributed by atoms with Crippen molar-refractivity contribution in [3.05, 3.63) is 54.2 Å². The second-order valence-electron chi connectivity index (χ2n) is 3.62. The zero-order valence-electron chi connectivity index (χ0n) is 8.95. The summed E-state index contributed by atoms with van der Waals surface area (Å²) in [5.41, 5.74) is 1.57. The smallest absolute Gasteiger partial charge is 0.194 e. The number of nitrogens with zero attached hydrogens (tertiary/aromatic N) is 2. The zero-order valence-corrected chi connectivity index (χ0v) is 9.76. The fourth-order valence-electron chi connectivity index (χ4n) is 1.66. The summed E-state index contributed by atoms with van der Waals surface area (Å²) in [6, 6.07) is 11.2. The van der Waals surface area contributed by atoms with Crippen molar-refractivity contribution < 1.29 is 5.11 Å². The van der Waals surface area contributed by atoms with Crippen LogP contribution in [0.2, 0.25) is 0 Å². The Morgan fingerprint density at radius 1 is 1.06 bits per heavy atom. The van der Waals surface area contributed by atoms with Crippen LogP contribution in [0.15, 0.2) is 54.2 Å². The molecule has 0 atom stereocenters. The summed E-state index contributed by atoms with van der Waals surface area (Å²) in [5.74, 6) is 0.261. The fraction of sp³-hybridized carbons (Fsp3) is 0. The number of rotatable bonds is 2. The number of hydrogen-bond donors (Lipinski definition) is 1. The van der Waals surface area contributed by atoms with Gasteiger partial charge in [-0.3, -0.25) is 0 Å². The van der Waals surface area contributed by atoms with Gasteiger partial charge in [-0.25, -0.2) is 4.98 Å². The predicted molar refractivity (Wildman–Crippen MR) is 68.5 cm³/mol. The number of thiazole rings is 1. The molecule has 0 unspecified atom stereocenters. The predicted octanol–water partition coefficient (Wildman–Crippen LogP) is 3.31. The molecule has 84 valence electrons. The van der Waals surface area contributed by atoms with E-state index in [-0.39, 0.29) is 5.75 Å². The first-order chi connectivity index (χ1) is 8.34. The van der Waals surface area contributed by atoms with E-state index >= 15 is 0 Å². The van der Waals surface area contributed by atoms with Gasteiger partial charge in [0.05, 0.1) is 5.69 Å². The van der Waals surface area contributed by atoms with E-state index in [4.69, 9.17) is 0 Å². The van der Waals surface area contributed by atoms with Crippen molar-refractivity contribution >= 4 is 11.3 Å². The third kappa shape index (κ3) is 1.83. The molecule has 1 aromatic carbocycles. The minimum absolute atomic E-state index is 0.261. The third-order valence-corrected chi connectivity index (χ3v) is 3.35. The lowest BCUT2D eigenvalue weighted by molar-refractivity contribution is 0.477. The van der Waals surface area contributed by atoms with Gasteiger partial charge in [0.2, 0.25) is 0 Å². The van der Waals surface area contributed by atoms with Gasteiger partial charge in [-0.15, -0.1) is 11.3 Å². The van der Waals surface area contributed by atoms with Crippen LogP contribution in [0.1, 0.15) is 0 Å². The Hall–Kier alpha value is -2.07. The monoisotopic (exact) mass is 242 g/mol. The molecular formula is C13H10N2OS. The summed E-state index contributed by atoms with van der Waals surface area (Å²) in [6.07, 6.45) is 3.90. The van der Waals surface area contributed by atoms with E-state index in [2.05, 4.69) is 4.98 Å². The Bertz CT molecular complexity index is 628. The lowest BCUT2D eigenvalue weighted by Gasteiger charge is -1.99. The number of para-hydroxylation sites is 1. The molecule has 3 rings (SSSR count). The Morgan fingerprint density at radius 3 is 2.59 bits per heavy atom. The lowest BCUT2D eigenvalue weighted by atomic mass is 10.1. The second-order valence-corrected chi connectivity index (χ2v) is 4.46. The minimum atomic E-state index is 0.261. The molecule has 0 amide bonds. The molecule has 0 bridgehead atoms. The minimum Gasteiger partial charge on any atom is -0.507 e. The van der Waals surface area contributed by atoms with Gasteiger partial charge in [0, 0.05) is 23.3 Å². The summed E-state index contributed by atoms with van der Waals surface area (Å²) >= 11 is 1.55. The highest BCUT2D eigenvalue weighted by molar-refractivity contribution is 7.12. The van der Waals surface area contributed by atoms with Crippen molar-refractivity contribution in [2.24, 2.45) is 0 Å². The summed E-state index contributed by atoms with van der Waals surface area (Å²) in [6.45, 7) is 0. The van der Waals surface area contributed by atoms with Crippen molar-refractivity contribution in [3.8, 4) is 22.1 Å². The van der Waals surface area contributed by atoms with Crippen molar-refractivity contribution in [1.29, 1.82) is 0 Å². The zero-order chi connectivity index (χ0) is 11.7. The van der Waals surface area contributed by atoms with Crippen LogP contribution in [-0.2, 0) is 0 Å². The molecule has 0 radical (unpaired) electrons. The van der Waals surface area contributed by atoms with Crippen LogP contribution in [-0.4, -0.2) is 14.7 Å². The van der Waals surface area contributed by atoms with Gasteiger partial charge in [0.15, 0.2) is 5.13 Å². The van der Waals surface area contributed by atoms with Crippen LogP contribution >= 0.6 is 11.3 Å². The first kappa shape index (κ1) is 10.1. The van der Waals surface area contributed by atoms with E-state index in [0.717, 1.165) is 16.4 Å². The molecule has 3 aromatic rings. The molecule has 2 aromatic heterocycles. The van der Waals surface area contributed by atoms with Crippen molar-refractivity contribution in [2.45, 2.75) is 0 Å². The van der Waals surface area contributed by atoms with E-state index < -0.39 is 0 Å². The number of phenols is 1. The van der Waals surface area contributed by atoms with E-state index in [9.17, 15) is 5.11 Å². The number of aromatic nitrogens is 2. The molecule has 4 heteroatoms. The Morgan fingerprint density at radius 2 is 1.82 bits per heavy atom. The van der Waals surface area contributed by atoms with E-state index in [0.29, 0.717) is 0 Å². The lowest BCUT2D eigenvalue weighted by Crippen LogP contribution is -1.88. The maximum Gasteiger partial charge on any atom is 0.194 e. The van der Waals surface area contributed by atoms with Crippen LogP contribution in [0.4, 0.5) is 0 Å². The molecule has 0 saturated carbocycles. The van der Waals surface area contributed by atoms with Crippen molar-refractivity contribution in [1.82, 2.24) is 9.55 Å². The van der Waals surface area contributed by atoms with Crippen LogP contribution < -0.4 is 0 Å². The summed E-state index contributed by atoms with van der Waals surface area (Å²) in [7, 11) is 0. The number of phenolic OH excluding ortho intramolecular Hbond substituents is 1. The molecule has 0 aliphatic rings. The van der Waals surface area contributed by atoms with Gasteiger partial charge in [-0.2, -0.15) is 0 Å². The topological polar surface area (TPSA) is 38.0 Å². The van der Waals surface area contributed by atoms with Gasteiger partial charge < -0.3 is 9.67 Å². The SMILES string of the molecule is Oc1ccccc1-c1csc(-n2cccc2)n1. The summed E-state index contributed by atoms with van der Waals surface area (Å²) in [5, 5.41) is 12.6. The second kappa shape index (κ2) is 4.07. The van der Waals surface area contributed by atoms with E-state index in [1.54, 1.807) is 23.5 Å².